The van der Waals surface area contributed by atoms with Crippen LogP contribution in [0.3, 0.4) is 0 Å². The molecule has 0 rings (SSSR count). The van der Waals surface area contributed by atoms with Crippen LogP contribution in [0.5, 0.6) is 0 Å². The predicted molar refractivity (Wildman–Crippen MR) is 51.0 cm³/mol. The van der Waals surface area contributed by atoms with Crippen molar-refractivity contribution in [2.45, 2.75) is 19.4 Å². The topological polar surface area (TPSA) is 49.3 Å². The fourth-order valence-corrected chi connectivity index (χ4v) is 1.09. The van der Waals surface area contributed by atoms with Crippen LogP contribution in [0.25, 0.3) is 0 Å². The van der Waals surface area contributed by atoms with Crippen molar-refractivity contribution in [1.82, 2.24) is 5.32 Å². The van der Waals surface area contributed by atoms with Gasteiger partial charge in [-0.3, -0.25) is 4.79 Å². The SMILES string of the molecule is CSC(=S)NC(C)CC(=O)O. The highest BCUT2D eigenvalue weighted by atomic mass is 32.2. The molecule has 1 atom stereocenters. The molecule has 0 aromatic rings. The van der Waals surface area contributed by atoms with Crippen LogP contribution in [-0.2, 0) is 4.79 Å². The minimum Gasteiger partial charge on any atom is -0.481 e. The number of rotatable bonds is 3. The lowest BCUT2D eigenvalue weighted by Gasteiger charge is -2.11. The number of aliphatic carboxylic acids is 1. The summed E-state index contributed by atoms with van der Waals surface area (Å²) in [6, 6.07) is -0.0903. The minimum absolute atomic E-state index is 0.0903. The third-order valence-corrected chi connectivity index (χ3v) is 2.14. The summed E-state index contributed by atoms with van der Waals surface area (Å²) in [7, 11) is 0. The Labute approximate surface area is 75.6 Å². The Balaban J connectivity index is 3.60. The highest BCUT2D eigenvalue weighted by molar-refractivity contribution is 8.22. The summed E-state index contributed by atoms with van der Waals surface area (Å²) in [4.78, 5) is 10.2. The summed E-state index contributed by atoms with van der Waals surface area (Å²) in [6.45, 7) is 1.79. The van der Waals surface area contributed by atoms with Crippen molar-refractivity contribution in [3.8, 4) is 0 Å². The van der Waals surface area contributed by atoms with Gasteiger partial charge in [-0.15, -0.1) is 11.8 Å². The van der Waals surface area contributed by atoms with Gasteiger partial charge in [-0.2, -0.15) is 0 Å². The van der Waals surface area contributed by atoms with E-state index < -0.39 is 5.97 Å². The van der Waals surface area contributed by atoms with E-state index in [1.54, 1.807) is 6.92 Å². The quantitative estimate of drug-likeness (QED) is 0.657. The van der Waals surface area contributed by atoms with Gasteiger partial charge in [0.2, 0.25) is 0 Å². The maximum atomic E-state index is 10.2. The van der Waals surface area contributed by atoms with Crippen LogP contribution in [0.2, 0.25) is 0 Å². The van der Waals surface area contributed by atoms with Gasteiger partial charge >= 0.3 is 5.97 Å². The fraction of sp³-hybridized carbons (Fsp3) is 0.667. The number of carboxylic acid groups (broad SMARTS) is 1. The number of hydrogen-bond acceptors (Lipinski definition) is 3. The molecule has 0 aliphatic rings. The molecule has 5 heteroatoms. The van der Waals surface area contributed by atoms with Crippen LogP contribution in [0.4, 0.5) is 0 Å². The van der Waals surface area contributed by atoms with Gasteiger partial charge in [0, 0.05) is 6.04 Å². The number of thiocarbonyl (C=S) groups is 1. The monoisotopic (exact) mass is 193 g/mol. The molecule has 0 aromatic carbocycles. The Bertz CT molecular complexity index is 161. The standard InChI is InChI=1S/C6H11NO2S2/c1-4(3-5(8)9)7-6(10)11-2/h4H,3H2,1-2H3,(H,7,10)(H,8,9). The van der Waals surface area contributed by atoms with E-state index in [9.17, 15) is 4.79 Å². The maximum Gasteiger partial charge on any atom is 0.305 e. The highest BCUT2D eigenvalue weighted by Gasteiger charge is 2.07. The molecule has 0 amide bonds. The average molecular weight is 193 g/mol. The van der Waals surface area contributed by atoms with Crippen molar-refractivity contribution in [2.75, 3.05) is 6.26 Å². The van der Waals surface area contributed by atoms with Crippen molar-refractivity contribution in [1.29, 1.82) is 0 Å². The molecule has 0 saturated heterocycles. The first-order valence-electron chi connectivity index (χ1n) is 3.12. The summed E-state index contributed by atoms with van der Waals surface area (Å²) in [5.74, 6) is -0.811. The smallest absolute Gasteiger partial charge is 0.305 e. The lowest BCUT2D eigenvalue weighted by atomic mass is 10.2. The van der Waals surface area contributed by atoms with Crippen LogP contribution in [0, 0.1) is 0 Å². The van der Waals surface area contributed by atoms with Gasteiger partial charge in [0.05, 0.1) is 6.42 Å². The van der Waals surface area contributed by atoms with Crippen molar-refractivity contribution in [3.05, 3.63) is 0 Å². The maximum absolute atomic E-state index is 10.2. The van der Waals surface area contributed by atoms with E-state index in [2.05, 4.69) is 5.32 Å². The van der Waals surface area contributed by atoms with Gasteiger partial charge in [0.25, 0.3) is 0 Å². The summed E-state index contributed by atoms with van der Waals surface area (Å²) in [6.07, 6.45) is 1.95. The first-order chi connectivity index (χ1) is 5.06. The molecule has 3 nitrogen and oxygen atoms in total. The first kappa shape index (κ1) is 10.7. The molecule has 11 heavy (non-hydrogen) atoms. The molecule has 0 aromatic heterocycles. The summed E-state index contributed by atoms with van der Waals surface area (Å²) in [5, 5.41) is 11.3. The zero-order valence-corrected chi connectivity index (χ0v) is 8.09. The number of carboxylic acids is 1. The van der Waals surface area contributed by atoms with E-state index in [1.165, 1.54) is 11.8 Å². The highest BCUT2D eigenvalue weighted by Crippen LogP contribution is 1.98. The van der Waals surface area contributed by atoms with Crippen molar-refractivity contribution in [2.24, 2.45) is 0 Å². The van der Waals surface area contributed by atoms with Gasteiger partial charge in [-0.25, -0.2) is 0 Å². The summed E-state index contributed by atoms with van der Waals surface area (Å²) < 4.78 is 0.638. The average Bonchev–Trinajstić information content (AvgIpc) is 1.85. The van der Waals surface area contributed by atoms with Crippen LogP contribution < -0.4 is 5.32 Å². The fourth-order valence-electron chi connectivity index (χ4n) is 0.573. The van der Waals surface area contributed by atoms with E-state index in [-0.39, 0.29) is 12.5 Å². The van der Waals surface area contributed by atoms with Gasteiger partial charge in [0.15, 0.2) is 0 Å². The number of nitrogens with one attached hydrogen (secondary N) is 1. The van der Waals surface area contributed by atoms with E-state index in [0.29, 0.717) is 4.32 Å². The molecule has 0 fully saturated rings. The van der Waals surface area contributed by atoms with E-state index in [4.69, 9.17) is 17.3 Å². The molecular weight excluding hydrogens is 182 g/mol. The van der Waals surface area contributed by atoms with Gasteiger partial charge in [0.1, 0.15) is 4.32 Å². The molecule has 0 heterocycles. The third kappa shape index (κ3) is 6.12. The van der Waals surface area contributed by atoms with Crippen LogP contribution >= 0.6 is 24.0 Å². The second-order valence-corrected chi connectivity index (χ2v) is 3.62. The molecule has 0 radical (unpaired) electrons. The van der Waals surface area contributed by atoms with Gasteiger partial charge in [-0.1, -0.05) is 12.2 Å². The van der Waals surface area contributed by atoms with E-state index >= 15 is 0 Å². The third-order valence-electron chi connectivity index (χ3n) is 1.03. The Morgan fingerprint density at radius 3 is 2.73 bits per heavy atom. The molecule has 0 aliphatic heterocycles. The largest absolute Gasteiger partial charge is 0.481 e. The molecule has 0 spiro atoms. The molecular formula is C6H11NO2S2. The lowest BCUT2D eigenvalue weighted by Crippen LogP contribution is -2.31. The zero-order valence-electron chi connectivity index (χ0n) is 6.46. The van der Waals surface area contributed by atoms with Crippen molar-refractivity contribution in [3.63, 3.8) is 0 Å². The Morgan fingerprint density at radius 2 is 2.36 bits per heavy atom. The summed E-state index contributed by atoms with van der Waals surface area (Å²) >= 11 is 6.25. The Morgan fingerprint density at radius 1 is 1.82 bits per heavy atom. The molecule has 0 aliphatic carbocycles. The van der Waals surface area contributed by atoms with Gasteiger partial charge < -0.3 is 10.4 Å². The van der Waals surface area contributed by atoms with Crippen molar-refractivity contribution < 1.29 is 9.90 Å². The van der Waals surface area contributed by atoms with Crippen LogP contribution in [-0.4, -0.2) is 27.7 Å². The lowest BCUT2D eigenvalue weighted by molar-refractivity contribution is -0.137. The van der Waals surface area contributed by atoms with Crippen molar-refractivity contribution >= 4 is 34.3 Å². The summed E-state index contributed by atoms with van der Waals surface area (Å²) in [5.41, 5.74) is 0. The Kier molecular flexibility index (Phi) is 5.23. The number of carbonyl (C=O) groups is 1. The van der Waals surface area contributed by atoms with E-state index in [1.807, 2.05) is 6.26 Å². The number of hydrogen-bond donors (Lipinski definition) is 2. The predicted octanol–water partition coefficient (Wildman–Crippen LogP) is 1.09. The normalized spacial score (nSPS) is 12.2. The second kappa shape index (κ2) is 5.37. The molecule has 0 bridgehead atoms. The van der Waals surface area contributed by atoms with E-state index in [0.717, 1.165) is 0 Å². The van der Waals surface area contributed by atoms with Crippen LogP contribution in [0.15, 0.2) is 0 Å². The molecule has 2 N–H and O–H groups in total. The van der Waals surface area contributed by atoms with Gasteiger partial charge in [-0.05, 0) is 13.2 Å². The minimum atomic E-state index is -0.811. The zero-order chi connectivity index (χ0) is 8.85. The first-order valence-corrected chi connectivity index (χ1v) is 4.76. The molecule has 0 saturated carbocycles. The Hall–Kier alpha value is -0.290. The number of thioether (sulfide) groups is 1. The second-order valence-electron chi connectivity index (χ2n) is 2.13. The van der Waals surface area contributed by atoms with Crippen LogP contribution in [0.1, 0.15) is 13.3 Å². The molecule has 1 unspecified atom stereocenters. The molecule has 64 valence electrons.